The Morgan fingerprint density at radius 1 is 1.29 bits per heavy atom. The maximum Gasteiger partial charge on any atom is 0.0482 e. The molecule has 2 fully saturated rings. The summed E-state index contributed by atoms with van der Waals surface area (Å²) in [6, 6.07) is 4.73. The minimum absolute atomic E-state index is 0.406. The van der Waals surface area contributed by atoms with Crippen LogP contribution in [0.3, 0.4) is 0 Å². The molecule has 3 N–H and O–H groups in total. The van der Waals surface area contributed by atoms with E-state index in [1.165, 1.54) is 62.6 Å². The number of fused-ring (bicyclic) bond motifs is 3. The smallest absolute Gasteiger partial charge is 0.0482 e. The van der Waals surface area contributed by atoms with Gasteiger partial charge in [0.2, 0.25) is 0 Å². The van der Waals surface area contributed by atoms with Crippen molar-refractivity contribution >= 4 is 0 Å². The van der Waals surface area contributed by atoms with Crippen molar-refractivity contribution in [1.82, 2.24) is 10.4 Å². The van der Waals surface area contributed by atoms with Gasteiger partial charge in [-0.3, -0.25) is 16.3 Å². The van der Waals surface area contributed by atoms with Gasteiger partial charge in [0.1, 0.15) is 0 Å². The van der Waals surface area contributed by atoms with Crippen molar-refractivity contribution in [3.05, 3.63) is 29.6 Å². The fourth-order valence-corrected chi connectivity index (χ4v) is 5.38. The Balaban J connectivity index is 1.51. The summed E-state index contributed by atoms with van der Waals surface area (Å²) in [5, 5.41) is 0. The highest BCUT2D eigenvalue weighted by Gasteiger charge is 2.41. The van der Waals surface area contributed by atoms with Crippen molar-refractivity contribution in [2.24, 2.45) is 23.6 Å². The first-order valence-corrected chi connectivity index (χ1v) is 8.75. The first-order chi connectivity index (χ1) is 10.3. The highest BCUT2D eigenvalue weighted by Crippen LogP contribution is 2.50. The molecule has 2 bridgehead atoms. The van der Waals surface area contributed by atoms with Crippen LogP contribution in [0.4, 0.5) is 0 Å². The molecule has 0 amide bonds. The Morgan fingerprint density at radius 2 is 2.24 bits per heavy atom. The number of pyridine rings is 1. The fourth-order valence-electron chi connectivity index (χ4n) is 5.38. The van der Waals surface area contributed by atoms with Gasteiger partial charge in [-0.05, 0) is 74.3 Å². The second-order valence-electron chi connectivity index (χ2n) is 7.49. The molecule has 4 rings (SSSR count). The van der Waals surface area contributed by atoms with Gasteiger partial charge in [-0.1, -0.05) is 12.5 Å². The SMILES string of the molecule is NNC(CC1CC2CCC1C2)C1CCCc2cccnc21. The summed E-state index contributed by atoms with van der Waals surface area (Å²) in [5.41, 5.74) is 5.92. The van der Waals surface area contributed by atoms with Gasteiger partial charge in [-0.15, -0.1) is 0 Å². The van der Waals surface area contributed by atoms with E-state index >= 15 is 0 Å². The second kappa shape index (κ2) is 5.69. The molecule has 1 aromatic rings. The van der Waals surface area contributed by atoms with Gasteiger partial charge >= 0.3 is 0 Å². The van der Waals surface area contributed by atoms with Crippen molar-refractivity contribution < 1.29 is 0 Å². The van der Waals surface area contributed by atoms with Gasteiger partial charge in [-0.2, -0.15) is 0 Å². The summed E-state index contributed by atoms with van der Waals surface area (Å²) >= 11 is 0. The molecule has 0 spiro atoms. The average Bonchev–Trinajstić information content (AvgIpc) is 3.15. The second-order valence-corrected chi connectivity index (χ2v) is 7.49. The molecule has 5 unspecified atom stereocenters. The van der Waals surface area contributed by atoms with Crippen LogP contribution in [-0.2, 0) is 6.42 Å². The first-order valence-electron chi connectivity index (χ1n) is 8.75. The third-order valence-corrected chi connectivity index (χ3v) is 6.38. The molecule has 3 nitrogen and oxygen atoms in total. The van der Waals surface area contributed by atoms with Crippen LogP contribution in [-0.4, -0.2) is 11.0 Å². The zero-order valence-corrected chi connectivity index (χ0v) is 12.8. The van der Waals surface area contributed by atoms with Crippen molar-refractivity contribution in [3.8, 4) is 0 Å². The third-order valence-electron chi connectivity index (χ3n) is 6.38. The normalized spacial score (nSPS) is 35.7. The number of nitrogens with two attached hydrogens (primary N) is 1. The average molecular weight is 285 g/mol. The third kappa shape index (κ3) is 2.51. The lowest BCUT2D eigenvalue weighted by molar-refractivity contribution is 0.251. The summed E-state index contributed by atoms with van der Waals surface area (Å²) in [4.78, 5) is 4.70. The molecule has 3 aliphatic rings. The van der Waals surface area contributed by atoms with Gasteiger partial charge in [0.05, 0.1) is 0 Å². The van der Waals surface area contributed by atoms with E-state index in [-0.39, 0.29) is 0 Å². The number of nitrogens with one attached hydrogen (secondary N) is 1. The fraction of sp³-hybridized carbons (Fsp3) is 0.722. The topological polar surface area (TPSA) is 50.9 Å². The summed E-state index contributed by atoms with van der Waals surface area (Å²) in [6.07, 6.45) is 12.8. The molecular formula is C18H27N3. The van der Waals surface area contributed by atoms with E-state index in [9.17, 15) is 0 Å². The summed E-state index contributed by atoms with van der Waals surface area (Å²) in [5.74, 6) is 9.38. The van der Waals surface area contributed by atoms with Crippen LogP contribution < -0.4 is 11.3 Å². The molecule has 0 radical (unpaired) electrons. The lowest BCUT2D eigenvalue weighted by Crippen LogP contribution is -2.43. The van der Waals surface area contributed by atoms with E-state index in [4.69, 9.17) is 10.8 Å². The summed E-state index contributed by atoms with van der Waals surface area (Å²) in [6.45, 7) is 0. The molecule has 114 valence electrons. The highest BCUT2D eigenvalue weighted by atomic mass is 15.2. The van der Waals surface area contributed by atoms with Crippen molar-refractivity contribution in [2.45, 2.75) is 63.3 Å². The van der Waals surface area contributed by atoms with Gasteiger partial charge in [0, 0.05) is 23.9 Å². The largest absolute Gasteiger partial charge is 0.271 e. The zero-order chi connectivity index (χ0) is 14.2. The molecule has 3 heteroatoms. The number of aryl methyl sites for hydroxylation is 1. The Bertz CT molecular complexity index is 501. The van der Waals surface area contributed by atoms with Gasteiger partial charge in [-0.25, -0.2) is 0 Å². The summed E-state index contributed by atoms with van der Waals surface area (Å²) in [7, 11) is 0. The molecule has 5 atom stereocenters. The minimum atomic E-state index is 0.406. The first kappa shape index (κ1) is 13.7. The molecule has 0 aromatic carbocycles. The monoisotopic (exact) mass is 285 g/mol. The lowest BCUT2D eigenvalue weighted by atomic mass is 9.76. The van der Waals surface area contributed by atoms with E-state index in [0.29, 0.717) is 12.0 Å². The Labute approximate surface area is 127 Å². The van der Waals surface area contributed by atoms with E-state index in [1.807, 2.05) is 6.20 Å². The van der Waals surface area contributed by atoms with E-state index in [1.54, 1.807) is 0 Å². The Morgan fingerprint density at radius 3 is 3.00 bits per heavy atom. The van der Waals surface area contributed by atoms with E-state index in [2.05, 4.69) is 17.6 Å². The molecule has 1 aromatic heterocycles. The van der Waals surface area contributed by atoms with Crippen LogP contribution in [0.1, 0.15) is 62.1 Å². The molecule has 2 saturated carbocycles. The maximum absolute atomic E-state index is 5.96. The molecule has 0 saturated heterocycles. The van der Waals surface area contributed by atoms with Gasteiger partial charge in [0.15, 0.2) is 0 Å². The number of hydrogen-bond acceptors (Lipinski definition) is 3. The number of hydrogen-bond donors (Lipinski definition) is 2. The quantitative estimate of drug-likeness (QED) is 0.660. The maximum atomic E-state index is 5.96. The Kier molecular flexibility index (Phi) is 3.72. The number of aromatic nitrogens is 1. The van der Waals surface area contributed by atoms with Crippen LogP contribution in [0.25, 0.3) is 0 Å². The van der Waals surface area contributed by atoms with Crippen LogP contribution in [0, 0.1) is 17.8 Å². The molecule has 0 aliphatic heterocycles. The summed E-state index contributed by atoms with van der Waals surface area (Å²) < 4.78 is 0. The van der Waals surface area contributed by atoms with Crippen molar-refractivity contribution in [3.63, 3.8) is 0 Å². The molecular weight excluding hydrogens is 258 g/mol. The van der Waals surface area contributed by atoms with Gasteiger partial charge in [0.25, 0.3) is 0 Å². The van der Waals surface area contributed by atoms with Gasteiger partial charge < -0.3 is 0 Å². The number of nitrogens with zero attached hydrogens (tertiary/aromatic N) is 1. The van der Waals surface area contributed by atoms with Crippen LogP contribution in [0.5, 0.6) is 0 Å². The minimum Gasteiger partial charge on any atom is -0.271 e. The van der Waals surface area contributed by atoms with E-state index < -0.39 is 0 Å². The lowest BCUT2D eigenvalue weighted by Gasteiger charge is -2.34. The predicted octanol–water partition coefficient (Wildman–Crippen LogP) is 3.16. The highest BCUT2D eigenvalue weighted by molar-refractivity contribution is 5.27. The molecule has 21 heavy (non-hydrogen) atoms. The van der Waals surface area contributed by atoms with Crippen LogP contribution >= 0.6 is 0 Å². The predicted molar refractivity (Wildman–Crippen MR) is 84.6 cm³/mol. The van der Waals surface area contributed by atoms with Crippen molar-refractivity contribution in [2.75, 3.05) is 0 Å². The number of rotatable bonds is 4. The van der Waals surface area contributed by atoms with E-state index in [0.717, 1.165) is 17.8 Å². The van der Waals surface area contributed by atoms with Crippen molar-refractivity contribution in [1.29, 1.82) is 0 Å². The molecule has 3 aliphatic carbocycles. The van der Waals surface area contributed by atoms with Crippen LogP contribution in [0.15, 0.2) is 18.3 Å². The van der Waals surface area contributed by atoms with Crippen LogP contribution in [0.2, 0.25) is 0 Å². The standard InChI is InChI=1S/C18H27N3/c19-21-17(11-15-10-12-6-7-14(15)9-12)16-5-1-3-13-4-2-8-20-18(13)16/h2,4,8,12,14-17,21H,1,3,5-7,9-11,19H2. The molecule has 1 heterocycles. The number of hydrazine groups is 1. The zero-order valence-electron chi connectivity index (χ0n) is 12.8. The Hall–Kier alpha value is -0.930.